The zero-order valence-corrected chi connectivity index (χ0v) is 67.5. The normalized spacial score (nSPS) is 17.5. The summed E-state index contributed by atoms with van der Waals surface area (Å²) in [5.41, 5.74) is 5.93. The van der Waals surface area contributed by atoms with Gasteiger partial charge in [0, 0.05) is 97.4 Å². The zero-order valence-electron chi connectivity index (χ0n) is 66.8. The minimum atomic E-state index is -2.84. The van der Waals surface area contributed by atoms with Gasteiger partial charge < -0.3 is 72.3 Å². The third kappa shape index (κ3) is 18.1. The van der Waals surface area contributed by atoms with Gasteiger partial charge in [0.25, 0.3) is 36.3 Å². The number of imidazole rings is 6. The van der Waals surface area contributed by atoms with E-state index in [0.29, 0.717) is 221 Å². The van der Waals surface area contributed by atoms with Crippen LogP contribution in [0.1, 0.15) is 128 Å². The SMILES string of the molecule is CC(=O)O[C@H](C)C(=O)Cl.CC(=O)O[C@H](C)C(=O)N1CCC(n2cnc3c(-n4c(C(F)F)nc5ccccc54)nc(N4CCOCC4)nc32)CC1.C[C@@H](O)C(=O)N1CCC(n2cnc3c(-n4c(C(F)F)nc5ccccc54)nc(N4CCOCC4)nc32)CC1.FC(F)c1nc2ccccc2n1-c1nc(N2CCOCC2)nc2c1ncn2C1CCNCC1. The number of hydrogen-bond donors (Lipinski definition) is 2. The number of benzene rings is 3. The molecule has 35 nitrogen and oxygen atoms in total. The number of rotatable bonds is 17. The van der Waals surface area contributed by atoms with Crippen molar-refractivity contribution in [2.75, 3.05) is 133 Å². The van der Waals surface area contributed by atoms with Gasteiger partial charge in [0.15, 0.2) is 80.6 Å². The van der Waals surface area contributed by atoms with Crippen LogP contribution < -0.4 is 20.0 Å². The minimum absolute atomic E-state index is 0.00700. The third-order valence-corrected chi connectivity index (χ3v) is 22.1. The molecule has 121 heavy (non-hydrogen) atoms. The second kappa shape index (κ2) is 37.1. The van der Waals surface area contributed by atoms with E-state index in [4.69, 9.17) is 60.5 Å². The van der Waals surface area contributed by atoms with Gasteiger partial charge in [-0.2, -0.15) is 29.9 Å². The first-order valence-corrected chi connectivity index (χ1v) is 40.4. The Balaban J connectivity index is 0.000000135. The maximum Gasteiger partial charge on any atom is 0.303 e. The van der Waals surface area contributed by atoms with Crippen LogP contribution in [0.2, 0.25) is 0 Å². The van der Waals surface area contributed by atoms with Crippen molar-refractivity contribution in [2.24, 2.45) is 0 Å². The number of likely N-dealkylation sites (tertiary alicyclic amines) is 2. The lowest BCUT2D eigenvalue weighted by Gasteiger charge is -2.34. The van der Waals surface area contributed by atoms with Crippen molar-refractivity contribution in [1.29, 1.82) is 0 Å². The molecule has 6 aliphatic heterocycles. The lowest BCUT2D eigenvalue weighted by atomic mass is 10.0. The fourth-order valence-corrected chi connectivity index (χ4v) is 15.9. The van der Waals surface area contributed by atoms with Crippen molar-refractivity contribution >= 4 is 125 Å². The topological polar surface area (TPSA) is 364 Å². The number of carbonyl (C=O) groups excluding carboxylic acids is 5. The van der Waals surface area contributed by atoms with Gasteiger partial charge >= 0.3 is 11.9 Å². The average molecular weight is 1700 g/mol. The Labute approximate surface area is 691 Å². The van der Waals surface area contributed by atoms with Crippen LogP contribution in [0.3, 0.4) is 0 Å². The summed E-state index contributed by atoms with van der Waals surface area (Å²) in [4.78, 5) is 121. The highest BCUT2D eigenvalue weighted by molar-refractivity contribution is 6.64. The molecule has 6 saturated heterocycles. The number of anilines is 3. The zero-order chi connectivity index (χ0) is 84.9. The van der Waals surface area contributed by atoms with Crippen LogP contribution in [0.25, 0.3) is 84.0 Å². The molecule has 9 aromatic heterocycles. The van der Waals surface area contributed by atoms with Crippen LogP contribution in [0.5, 0.6) is 0 Å². The molecule has 0 saturated carbocycles. The molecule has 0 bridgehead atoms. The summed E-state index contributed by atoms with van der Waals surface area (Å²) in [5.74, 6) is -0.563. The number of fused-ring (bicyclic) bond motifs is 6. The molecule has 18 rings (SSSR count). The number of ether oxygens (including phenoxy) is 5. The van der Waals surface area contributed by atoms with E-state index in [0.717, 1.165) is 25.9 Å². The van der Waals surface area contributed by atoms with Gasteiger partial charge in [-0.25, -0.2) is 56.2 Å². The van der Waals surface area contributed by atoms with Crippen molar-refractivity contribution in [3.05, 3.63) is 109 Å². The Morgan fingerprint density at radius 3 is 1.03 bits per heavy atom. The number of amides is 2. The molecule has 2 amide bonds. The summed E-state index contributed by atoms with van der Waals surface area (Å²) >= 11 is 4.96. The van der Waals surface area contributed by atoms with Crippen LogP contribution in [0.15, 0.2) is 91.8 Å². The molecule has 0 radical (unpaired) electrons. The second-order valence-electron chi connectivity index (χ2n) is 29.7. The number of morpholine rings is 3. The van der Waals surface area contributed by atoms with Gasteiger partial charge in [-0.3, -0.25) is 37.7 Å². The van der Waals surface area contributed by atoms with Gasteiger partial charge in [-0.15, -0.1) is 0 Å². The van der Waals surface area contributed by atoms with E-state index in [-0.39, 0.29) is 47.4 Å². The van der Waals surface area contributed by atoms with Crippen molar-refractivity contribution in [3.63, 3.8) is 0 Å². The number of carbonyl (C=O) groups is 5. The number of hydrogen-bond acceptors (Lipinski definition) is 27. The quantitative estimate of drug-likeness (QED) is 0.0487. The number of para-hydroxylation sites is 6. The van der Waals surface area contributed by atoms with Crippen molar-refractivity contribution in [1.82, 2.24) is 102 Å². The number of aliphatic hydroxyl groups is 1. The minimum Gasteiger partial charge on any atom is -0.453 e. The predicted molar refractivity (Wildman–Crippen MR) is 430 cm³/mol. The highest BCUT2D eigenvalue weighted by Gasteiger charge is 2.36. The molecule has 15 heterocycles. The number of alkyl halides is 6. The maximum absolute atomic E-state index is 14.3. The molecule has 3 atom stereocenters. The van der Waals surface area contributed by atoms with Gasteiger partial charge in [0.05, 0.1) is 91.7 Å². The highest BCUT2D eigenvalue weighted by Crippen LogP contribution is 2.39. The number of nitrogens with one attached hydrogen (secondary N) is 1. The van der Waals surface area contributed by atoms with E-state index >= 15 is 0 Å². The van der Waals surface area contributed by atoms with E-state index in [1.165, 1.54) is 41.4 Å². The van der Waals surface area contributed by atoms with E-state index in [9.17, 15) is 55.4 Å². The van der Waals surface area contributed by atoms with E-state index < -0.39 is 66.4 Å². The molecule has 3 aromatic carbocycles. The Kier molecular flexibility index (Phi) is 25.9. The first-order chi connectivity index (χ1) is 58.5. The van der Waals surface area contributed by atoms with Gasteiger partial charge in [-0.1, -0.05) is 36.4 Å². The number of aromatic nitrogens is 18. The Bertz CT molecular complexity index is 5720. The van der Waals surface area contributed by atoms with Crippen molar-refractivity contribution in [2.45, 2.75) is 129 Å². The van der Waals surface area contributed by atoms with E-state index in [1.54, 1.807) is 102 Å². The Morgan fingerprint density at radius 1 is 0.430 bits per heavy atom. The van der Waals surface area contributed by atoms with Crippen molar-refractivity contribution in [3.8, 4) is 17.5 Å². The number of esters is 2. The highest BCUT2D eigenvalue weighted by atomic mass is 35.5. The van der Waals surface area contributed by atoms with Crippen LogP contribution in [0.4, 0.5) is 44.2 Å². The van der Waals surface area contributed by atoms with Gasteiger partial charge in [-0.05, 0) is 120 Å². The van der Waals surface area contributed by atoms with Crippen LogP contribution in [-0.2, 0) is 47.7 Å². The molecule has 640 valence electrons. The Morgan fingerprint density at radius 2 is 0.736 bits per heavy atom. The number of piperidine rings is 3. The van der Waals surface area contributed by atoms with Gasteiger partial charge in [0.2, 0.25) is 17.8 Å². The molecule has 2 N–H and O–H groups in total. The third-order valence-electron chi connectivity index (χ3n) is 21.8. The summed E-state index contributed by atoms with van der Waals surface area (Å²) in [6, 6.07) is 21.2. The molecule has 0 spiro atoms. The van der Waals surface area contributed by atoms with E-state index in [2.05, 4.69) is 44.5 Å². The molecule has 12 aromatic rings. The van der Waals surface area contributed by atoms with Crippen LogP contribution >= 0.6 is 11.6 Å². The molecule has 6 fully saturated rings. The fraction of sp³-hybridized carbons (Fsp3) is 0.481. The maximum atomic E-state index is 14.3. The second-order valence-corrected chi connectivity index (χ2v) is 30.0. The fourth-order valence-electron chi connectivity index (χ4n) is 15.8. The monoisotopic (exact) mass is 1700 g/mol. The van der Waals surface area contributed by atoms with Crippen LogP contribution in [0, 0.1) is 0 Å². The summed E-state index contributed by atoms with van der Waals surface area (Å²) in [5, 5.41) is 12.4. The van der Waals surface area contributed by atoms with Crippen LogP contribution in [-0.4, -0.2) is 268 Å². The lowest BCUT2D eigenvalue weighted by Crippen LogP contribution is -2.44. The first-order valence-electron chi connectivity index (χ1n) is 40.0. The molecule has 42 heteroatoms. The molecule has 6 aliphatic rings. The molecular formula is C79H89ClF6N24O11. The summed E-state index contributed by atoms with van der Waals surface area (Å²) in [6.45, 7) is 17.4. The Hall–Kier alpha value is -11.7. The van der Waals surface area contributed by atoms with Crippen molar-refractivity contribution < 1.29 is 79.1 Å². The first kappa shape index (κ1) is 84.4. The average Bonchev–Trinajstić information content (AvgIpc) is 1.61. The molecule has 0 aliphatic carbocycles. The largest absolute Gasteiger partial charge is 0.453 e. The lowest BCUT2D eigenvalue weighted by molar-refractivity contribution is -0.158. The van der Waals surface area contributed by atoms with Gasteiger partial charge in [0.1, 0.15) is 6.10 Å². The number of aliphatic hydroxyl groups excluding tert-OH is 1. The summed E-state index contributed by atoms with van der Waals surface area (Å²) in [6.07, 6.45) is -1.61. The number of halogens is 7. The molecular weight excluding hydrogens is 1610 g/mol. The molecule has 0 unspecified atom stereocenters. The summed E-state index contributed by atoms with van der Waals surface area (Å²) in [7, 11) is 0. The summed E-state index contributed by atoms with van der Waals surface area (Å²) < 4.78 is 121. The standard InChI is InChI=1S/C27H30F2N8O4.C25H28F2N8O3.C22H24F2N8O.C5H7ClO3/c1-16(41-17(2)38)26(39)34-9-7-18(8-10-34)36-15-30-21-23(36)32-27(35-11-13-40-14-12-35)33-24(21)37-20-6-4-3-5-19(20)31-25(37)22(28)29;1-15(36)24(37)32-8-6-16(7-9-32)34-14-28-19-21(34)30-25(33-10-12-38-13-11-33)31-22(19)35-18-5-3-2-4-17(18)29-23(35)20(26)27;23-18(24)21-27-15-3-1-2-4-16(15)32(21)20-17-19(28-22(29-20)30-9-11-33-12-10-30)31(13-26-17)14-5-7-25-8-6-14;1-3(5(6)8)9-4(2)7/h3-6,15-16,18,22H,7-14H2,1-2H3;2-5,14-16,20,36H,6-13H2,1H3;1-4,13-14,18,25H,5-12H2;3H,1-2H3/t16-;15-;;3-/m11.1/s1. The number of nitrogens with zero attached hydrogens (tertiary/aromatic N) is 23. The van der Waals surface area contributed by atoms with E-state index in [1.807, 2.05) is 29.9 Å². The predicted octanol–water partition coefficient (Wildman–Crippen LogP) is 9.11. The smallest absolute Gasteiger partial charge is 0.303 e.